The summed E-state index contributed by atoms with van der Waals surface area (Å²) in [6.45, 7) is 6.19. The molecule has 0 aliphatic carbocycles. The van der Waals surface area contributed by atoms with Gasteiger partial charge in [-0.15, -0.1) is 11.3 Å². The van der Waals surface area contributed by atoms with E-state index in [1.165, 1.54) is 12.1 Å². The first kappa shape index (κ1) is 21.5. The molecule has 0 aliphatic heterocycles. The summed E-state index contributed by atoms with van der Waals surface area (Å²) in [5, 5.41) is 1.96. The summed E-state index contributed by atoms with van der Waals surface area (Å²) in [5.74, 6) is 0. The van der Waals surface area contributed by atoms with Crippen molar-refractivity contribution in [3.63, 3.8) is 0 Å². The van der Waals surface area contributed by atoms with Crippen molar-refractivity contribution in [3.05, 3.63) is 59.5 Å². The van der Waals surface area contributed by atoms with Crippen LogP contribution in [0.5, 0.6) is 0 Å². The number of anilines is 1. The fraction of sp³-hybridized carbons (Fsp3) is 0.250. The Balaban J connectivity index is 1.80. The fourth-order valence-electron chi connectivity index (χ4n) is 2.63. The lowest BCUT2D eigenvalue weighted by molar-refractivity contribution is 0.587. The van der Waals surface area contributed by atoms with E-state index in [4.69, 9.17) is 0 Å². The van der Waals surface area contributed by atoms with Gasteiger partial charge < -0.3 is 0 Å². The molecule has 0 aliphatic rings. The van der Waals surface area contributed by atoms with Gasteiger partial charge in [0.05, 0.1) is 15.5 Å². The van der Waals surface area contributed by atoms with Gasteiger partial charge in [0.1, 0.15) is 0 Å². The molecular formula is C20H22N2O4S3. The third kappa shape index (κ3) is 5.04. The lowest BCUT2D eigenvalue weighted by atomic mass is 9.87. The minimum atomic E-state index is -3.75. The maximum atomic E-state index is 12.7. The molecule has 0 amide bonds. The van der Waals surface area contributed by atoms with Crippen LogP contribution in [0, 0.1) is 0 Å². The maximum Gasteiger partial charge on any atom is 0.263 e. The average molecular weight is 451 g/mol. The molecule has 3 rings (SSSR count). The zero-order valence-corrected chi connectivity index (χ0v) is 19.0. The first-order valence-corrected chi connectivity index (χ1v) is 13.0. The Morgan fingerprint density at radius 1 is 0.862 bits per heavy atom. The molecule has 0 radical (unpaired) electrons. The van der Waals surface area contributed by atoms with Gasteiger partial charge in [0.15, 0.2) is 15.0 Å². The van der Waals surface area contributed by atoms with Gasteiger partial charge in [-0.05, 0) is 35.2 Å². The van der Waals surface area contributed by atoms with Gasteiger partial charge in [-0.25, -0.2) is 21.8 Å². The quantitative estimate of drug-likeness (QED) is 0.625. The molecule has 29 heavy (non-hydrogen) atoms. The van der Waals surface area contributed by atoms with Crippen molar-refractivity contribution in [1.82, 2.24) is 4.98 Å². The Morgan fingerprint density at radius 3 is 1.93 bits per heavy atom. The van der Waals surface area contributed by atoms with Crippen molar-refractivity contribution >= 4 is 36.3 Å². The van der Waals surface area contributed by atoms with Crippen LogP contribution >= 0.6 is 11.3 Å². The van der Waals surface area contributed by atoms with Crippen molar-refractivity contribution in [2.75, 3.05) is 11.0 Å². The third-order valence-corrected chi connectivity index (χ3v) is 7.70. The van der Waals surface area contributed by atoms with Crippen molar-refractivity contribution in [1.29, 1.82) is 0 Å². The third-order valence-electron chi connectivity index (χ3n) is 4.33. The maximum absolute atomic E-state index is 12.7. The number of nitrogens with zero attached hydrogens (tertiary/aromatic N) is 1. The summed E-state index contributed by atoms with van der Waals surface area (Å²) in [7, 11) is -7.03. The Kier molecular flexibility index (Phi) is 5.59. The van der Waals surface area contributed by atoms with Crippen LogP contribution < -0.4 is 4.72 Å². The molecule has 0 fully saturated rings. The SMILES string of the molecule is CC(C)(C)c1ccc(S(=O)(=O)Nc2nc(-c3ccc(S(C)(=O)=O)cc3)cs2)cc1. The number of sulfonamides is 1. The van der Waals surface area contributed by atoms with Crippen molar-refractivity contribution in [3.8, 4) is 11.3 Å². The van der Waals surface area contributed by atoms with Crippen LogP contribution in [0.4, 0.5) is 5.13 Å². The van der Waals surface area contributed by atoms with Crippen LogP contribution in [-0.2, 0) is 25.3 Å². The lowest BCUT2D eigenvalue weighted by Gasteiger charge is -2.19. The molecule has 1 aromatic heterocycles. The number of hydrogen-bond acceptors (Lipinski definition) is 6. The van der Waals surface area contributed by atoms with Crippen molar-refractivity contribution in [2.24, 2.45) is 0 Å². The molecule has 0 bridgehead atoms. The summed E-state index contributed by atoms with van der Waals surface area (Å²) < 4.78 is 50.9. The summed E-state index contributed by atoms with van der Waals surface area (Å²) in [6, 6.07) is 13.1. The van der Waals surface area contributed by atoms with Gasteiger partial charge in [0.25, 0.3) is 10.0 Å². The Hall–Kier alpha value is -2.23. The van der Waals surface area contributed by atoms with E-state index in [9.17, 15) is 16.8 Å². The monoisotopic (exact) mass is 450 g/mol. The van der Waals surface area contributed by atoms with E-state index in [1.54, 1.807) is 29.6 Å². The van der Waals surface area contributed by atoms with Gasteiger partial charge in [-0.3, -0.25) is 4.72 Å². The van der Waals surface area contributed by atoms with E-state index in [-0.39, 0.29) is 20.3 Å². The summed E-state index contributed by atoms with van der Waals surface area (Å²) in [6.07, 6.45) is 1.14. The standard InChI is InChI=1S/C20H22N2O4S3/c1-20(2,3)15-7-11-17(12-8-15)29(25,26)22-19-21-18(13-27-19)14-5-9-16(10-6-14)28(4,23)24/h5-13H,1-4H3,(H,21,22). The predicted molar refractivity (Wildman–Crippen MR) is 117 cm³/mol. The minimum absolute atomic E-state index is 0.0629. The second-order valence-electron chi connectivity index (χ2n) is 7.71. The van der Waals surface area contributed by atoms with E-state index >= 15 is 0 Å². The summed E-state index contributed by atoms with van der Waals surface area (Å²) in [4.78, 5) is 4.70. The second kappa shape index (κ2) is 7.55. The molecule has 0 saturated heterocycles. The molecule has 6 nitrogen and oxygen atoms in total. The lowest BCUT2D eigenvalue weighted by Crippen LogP contribution is -2.14. The molecule has 9 heteroatoms. The number of hydrogen-bond donors (Lipinski definition) is 1. The number of benzene rings is 2. The second-order valence-corrected chi connectivity index (χ2v) is 12.3. The molecular weight excluding hydrogens is 428 g/mol. The van der Waals surface area contributed by atoms with E-state index in [2.05, 4.69) is 30.5 Å². The molecule has 0 spiro atoms. The molecule has 0 saturated carbocycles. The number of sulfone groups is 1. The van der Waals surface area contributed by atoms with Crippen LogP contribution in [0.2, 0.25) is 0 Å². The van der Waals surface area contributed by atoms with Gasteiger partial charge >= 0.3 is 0 Å². The van der Waals surface area contributed by atoms with E-state index in [0.717, 1.165) is 23.2 Å². The topological polar surface area (TPSA) is 93.2 Å². The van der Waals surface area contributed by atoms with Gasteiger partial charge in [0.2, 0.25) is 0 Å². The molecule has 3 aromatic rings. The largest absolute Gasteiger partial charge is 0.263 e. The average Bonchev–Trinajstić information content (AvgIpc) is 3.08. The van der Waals surface area contributed by atoms with Crippen LogP contribution in [0.1, 0.15) is 26.3 Å². The number of nitrogens with one attached hydrogen (secondary N) is 1. The van der Waals surface area contributed by atoms with Crippen LogP contribution in [0.3, 0.4) is 0 Å². The van der Waals surface area contributed by atoms with E-state index in [1.807, 2.05) is 12.1 Å². The number of thiazole rings is 1. The molecule has 2 aromatic carbocycles. The molecule has 1 heterocycles. The van der Waals surface area contributed by atoms with Crippen LogP contribution in [-0.4, -0.2) is 28.1 Å². The summed E-state index contributed by atoms with van der Waals surface area (Å²) in [5.41, 5.74) is 2.25. The van der Waals surface area contributed by atoms with Gasteiger partial charge in [-0.1, -0.05) is 45.0 Å². The minimum Gasteiger partial charge on any atom is -0.255 e. The Labute approximate surface area is 175 Å². The van der Waals surface area contributed by atoms with Gasteiger partial charge in [-0.2, -0.15) is 0 Å². The fourth-order valence-corrected chi connectivity index (χ4v) is 5.24. The summed E-state index contributed by atoms with van der Waals surface area (Å²) >= 11 is 1.16. The normalized spacial score (nSPS) is 12.7. The highest BCUT2D eigenvalue weighted by Gasteiger charge is 2.19. The van der Waals surface area contributed by atoms with Crippen LogP contribution in [0.25, 0.3) is 11.3 Å². The Morgan fingerprint density at radius 2 is 1.41 bits per heavy atom. The molecule has 1 N–H and O–H groups in total. The van der Waals surface area contributed by atoms with Crippen molar-refractivity contribution < 1.29 is 16.8 Å². The van der Waals surface area contributed by atoms with Crippen molar-refractivity contribution in [2.45, 2.75) is 36.0 Å². The highest BCUT2D eigenvalue weighted by molar-refractivity contribution is 7.93. The molecule has 154 valence electrons. The van der Waals surface area contributed by atoms with Crippen LogP contribution in [0.15, 0.2) is 63.7 Å². The zero-order valence-electron chi connectivity index (χ0n) is 16.5. The van der Waals surface area contributed by atoms with E-state index in [0.29, 0.717) is 11.3 Å². The highest BCUT2D eigenvalue weighted by atomic mass is 32.2. The first-order chi connectivity index (χ1) is 13.4. The first-order valence-electron chi connectivity index (χ1n) is 8.76. The van der Waals surface area contributed by atoms with E-state index < -0.39 is 19.9 Å². The number of aromatic nitrogens is 1. The Bertz CT molecular complexity index is 1220. The molecule has 0 atom stereocenters. The highest BCUT2D eigenvalue weighted by Crippen LogP contribution is 2.28. The number of rotatable bonds is 5. The van der Waals surface area contributed by atoms with Gasteiger partial charge in [0, 0.05) is 17.2 Å². The smallest absolute Gasteiger partial charge is 0.255 e. The predicted octanol–water partition coefficient (Wildman–Crippen LogP) is 4.31. The molecule has 0 unspecified atom stereocenters. The zero-order chi connectivity index (χ0) is 21.4.